The Bertz CT molecular complexity index is 160. The summed E-state index contributed by atoms with van der Waals surface area (Å²) >= 11 is 0. The minimum absolute atomic E-state index is 0.0625. The minimum Gasteiger partial charge on any atom is -0.381 e. The summed E-state index contributed by atoms with van der Waals surface area (Å²) < 4.78 is 30.7. The molecule has 1 fully saturated rings. The Kier molecular flexibility index (Phi) is 3.62. The molecule has 1 aliphatic heterocycles. The second kappa shape index (κ2) is 4.33. The van der Waals surface area contributed by atoms with Crippen LogP contribution in [0.3, 0.4) is 0 Å². The van der Waals surface area contributed by atoms with Gasteiger partial charge in [0.05, 0.1) is 12.1 Å². The highest BCUT2D eigenvalue weighted by Crippen LogP contribution is 2.30. The number of nitrogens with one attached hydrogen (secondary N) is 1. The molecule has 78 valence electrons. The van der Waals surface area contributed by atoms with Gasteiger partial charge in [0.1, 0.15) is 0 Å². The Labute approximate surface area is 77.6 Å². The first-order chi connectivity index (χ1) is 6.11. The lowest BCUT2D eigenvalue weighted by Gasteiger charge is -2.34. The molecule has 1 aliphatic rings. The first-order valence-electron chi connectivity index (χ1n) is 4.72. The molecule has 0 aromatic carbocycles. The normalized spacial score (nSPS) is 27.9. The van der Waals surface area contributed by atoms with Crippen LogP contribution in [-0.4, -0.2) is 31.7 Å². The molecule has 4 heteroatoms. The number of halogens is 2. The number of hydrogen-bond acceptors (Lipinski definition) is 2. The maximum absolute atomic E-state index is 12.8. The number of ether oxygens (including phenoxy) is 1. The van der Waals surface area contributed by atoms with Gasteiger partial charge in [0.25, 0.3) is 6.43 Å². The van der Waals surface area contributed by atoms with Crippen molar-refractivity contribution in [2.24, 2.45) is 5.92 Å². The molecule has 0 amide bonds. The van der Waals surface area contributed by atoms with Gasteiger partial charge in [-0.05, 0) is 19.9 Å². The Hall–Kier alpha value is -0.220. The predicted octanol–water partition coefficient (Wildman–Crippen LogP) is 1.66. The van der Waals surface area contributed by atoms with Gasteiger partial charge in [0, 0.05) is 12.5 Å². The number of alkyl halides is 2. The van der Waals surface area contributed by atoms with Crippen LogP contribution in [0.1, 0.15) is 20.3 Å². The molecule has 1 heterocycles. The van der Waals surface area contributed by atoms with Crippen LogP contribution in [0.4, 0.5) is 8.78 Å². The molecule has 0 aliphatic carbocycles. The summed E-state index contributed by atoms with van der Waals surface area (Å²) in [5, 5.41) is 2.87. The lowest BCUT2D eigenvalue weighted by Crippen LogP contribution is -2.54. The summed E-state index contributed by atoms with van der Waals surface area (Å²) in [6, 6.07) is 0. The van der Waals surface area contributed by atoms with Crippen molar-refractivity contribution in [3.8, 4) is 0 Å². The summed E-state index contributed by atoms with van der Waals surface area (Å²) in [7, 11) is 0. The lowest BCUT2D eigenvalue weighted by molar-refractivity contribution is 0.00150. The van der Waals surface area contributed by atoms with Gasteiger partial charge >= 0.3 is 0 Å². The maximum atomic E-state index is 12.8. The molecule has 1 saturated heterocycles. The Balaban J connectivity index is 2.64. The van der Waals surface area contributed by atoms with Crippen molar-refractivity contribution >= 4 is 0 Å². The Morgan fingerprint density at radius 3 is 2.69 bits per heavy atom. The summed E-state index contributed by atoms with van der Waals surface area (Å²) in [6.07, 6.45) is -1.60. The topological polar surface area (TPSA) is 21.3 Å². The summed E-state index contributed by atoms with van der Waals surface area (Å²) in [6.45, 7) is 5.06. The van der Waals surface area contributed by atoms with E-state index in [1.807, 2.05) is 6.92 Å². The van der Waals surface area contributed by atoms with Gasteiger partial charge in [-0.2, -0.15) is 0 Å². The third-order valence-electron chi connectivity index (χ3n) is 2.79. The van der Waals surface area contributed by atoms with Crippen LogP contribution >= 0.6 is 0 Å². The fraction of sp³-hybridized carbons (Fsp3) is 1.00. The Morgan fingerprint density at radius 2 is 2.31 bits per heavy atom. The van der Waals surface area contributed by atoms with Gasteiger partial charge in [-0.15, -0.1) is 0 Å². The first-order valence-corrected chi connectivity index (χ1v) is 4.72. The van der Waals surface area contributed by atoms with Crippen molar-refractivity contribution < 1.29 is 13.5 Å². The van der Waals surface area contributed by atoms with E-state index in [-0.39, 0.29) is 5.92 Å². The first kappa shape index (κ1) is 10.9. The van der Waals surface area contributed by atoms with E-state index in [1.54, 1.807) is 6.92 Å². The zero-order valence-corrected chi connectivity index (χ0v) is 8.15. The molecular weight excluding hydrogens is 176 g/mol. The molecule has 0 bridgehead atoms. The molecule has 0 radical (unpaired) electrons. The smallest absolute Gasteiger partial charge is 0.256 e. The van der Waals surface area contributed by atoms with Crippen molar-refractivity contribution in [3.05, 3.63) is 0 Å². The second-order valence-electron chi connectivity index (χ2n) is 3.67. The molecule has 0 aromatic heterocycles. The van der Waals surface area contributed by atoms with Gasteiger partial charge in [-0.25, -0.2) is 8.78 Å². The summed E-state index contributed by atoms with van der Waals surface area (Å²) in [5.41, 5.74) is -1.08. The highest BCUT2D eigenvalue weighted by molar-refractivity contribution is 4.94. The molecule has 13 heavy (non-hydrogen) atoms. The van der Waals surface area contributed by atoms with E-state index >= 15 is 0 Å². The van der Waals surface area contributed by atoms with Crippen molar-refractivity contribution in [3.63, 3.8) is 0 Å². The minimum atomic E-state index is -2.33. The SMILES string of the molecule is CCNC(C)(C(F)F)C1CCOC1. The van der Waals surface area contributed by atoms with Crippen molar-refractivity contribution in [2.45, 2.75) is 32.2 Å². The van der Waals surface area contributed by atoms with Gasteiger partial charge in [-0.1, -0.05) is 6.92 Å². The molecule has 1 rings (SSSR count). The van der Waals surface area contributed by atoms with Crippen LogP contribution in [0, 0.1) is 5.92 Å². The molecule has 0 saturated carbocycles. The molecule has 1 N–H and O–H groups in total. The van der Waals surface area contributed by atoms with Crippen LogP contribution < -0.4 is 5.32 Å². The zero-order chi connectivity index (χ0) is 9.90. The van der Waals surface area contributed by atoms with E-state index in [0.29, 0.717) is 19.8 Å². The highest BCUT2D eigenvalue weighted by Gasteiger charge is 2.43. The van der Waals surface area contributed by atoms with E-state index in [1.165, 1.54) is 0 Å². The van der Waals surface area contributed by atoms with Gasteiger partial charge in [0.2, 0.25) is 0 Å². The summed E-state index contributed by atoms with van der Waals surface area (Å²) in [4.78, 5) is 0. The fourth-order valence-electron chi connectivity index (χ4n) is 1.79. The van der Waals surface area contributed by atoms with Crippen LogP contribution in [0.25, 0.3) is 0 Å². The molecule has 0 aromatic rings. The molecular formula is C9H17F2NO. The summed E-state index contributed by atoms with van der Waals surface area (Å²) in [5.74, 6) is -0.0625. The monoisotopic (exact) mass is 193 g/mol. The predicted molar refractivity (Wildman–Crippen MR) is 47.0 cm³/mol. The quantitative estimate of drug-likeness (QED) is 0.733. The van der Waals surface area contributed by atoms with E-state index in [4.69, 9.17) is 4.74 Å². The van der Waals surface area contributed by atoms with E-state index in [0.717, 1.165) is 6.42 Å². The molecule has 0 spiro atoms. The van der Waals surface area contributed by atoms with Crippen LogP contribution in [-0.2, 0) is 4.74 Å². The van der Waals surface area contributed by atoms with E-state index in [9.17, 15) is 8.78 Å². The maximum Gasteiger partial charge on any atom is 0.256 e. The molecule has 2 nitrogen and oxygen atoms in total. The molecule has 2 unspecified atom stereocenters. The fourth-order valence-corrected chi connectivity index (χ4v) is 1.79. The van der Waals surface area contributed by atoms with Crippen LogP contribution in [0.2, 0.25) is 0 Å². The molecule has 2 atom stereocenters. The standard InChI is InChI=1S/C9H17F2NO/c1-3-12-9(2,8(10)11)7-4-5-13-6-7/h7-8,12H,3-6H2,1-2H3. The third kappa shape index (κ3) is 2.17. The second-order valence-corrected chi connectivity index (χ2v) is 3.67. The van der Waals surface area contributed by atoms with Crippen molar-refractivity contribution in [1.82, 2.24) is 5.32 Å². The van der Waals surface area contributed by atoms with Crippen LogP contribution in [0.15, 0.2) is 0 Å². The Morgan fingerprint density at radius 1 is 1.62 bits per heavy atom. The van der Waals surface area contributed by atoms with Crippen molar-refractivity contribution in [2.75, 3.05) is 19.8 Å². The average molecular weight is 193 g/mol. The van der Waals surface area contributed by atoms with E-state index < -0.39 is 12.0 Å². The average Bonchev–Trinajstić information content (AvgIpc) is 2.56. The van der Waals surface area contributed by atoms with Gasteiger partial charge in [0.15, 0.2) is 0 Å². The van der Waals surface area contributed by atoms with Crippen LogP contribution in [0.5, 0.6) is 0 Å². The number of hydrogen-bond donors (Lipinski definition) is 1. The van der Waals surface area contributed by atoms with Gasteiger partial charge < -0.3 is 10.1 Å². The zero-order valence-electron chi connectivity index (χ0n) is 8.15. The number of rotatable bonds is 4. The van der Waals surface area contributed by atoms with E-state index in [2.05, 4.69) is 5.32 Å². The van der Waals surface area contributed by atoms with Crippen molar-refractivity contribution in [1.29, 1.82) is 0 Å². The highest BCUT2D eigenvalue weighted by atomic mass is 19.3. The third-order valence-corrected chi connectivity index (χ3v) is 2.79. The lowest BCUT2D eigenvalue weighted by atomic mass is 9.85. The van der Waals surface area contributed by atoms with Gasteiger partial charge in [-0.3, -0.25) is 0 Å². The largest absolute Gasteiger partial charge is 0.381 e.